The van der Waals surface area contributed by atoms with E-state index in [1.807, 2.05) is 13.1 Å². The van der Waals surface area contributed by atoms with Gasteiger partial charge in [-0.15, -0.1) is 0 Å². The third kappa shape index (κ3) is 2.97. The highest BCUT2D eigenvalue weighted by atomic mass is 19.1. The minimum atomic E-state index is -0.661. The molecule has 1 N–H and O–H groups in total. The van der Waals surface area contributed by atoms with Crippen molar-refractivity contribution in [3.05, 3.63) is 29.1 Å². The minimum absolute atomic E-state index is 0.262. The van der Waals surface area contributed by atoms with Gasteiger partial charge in [-0.1, -0.05) is 6.92 Å². The summed E-state index contributed by atoms with van der Waals surface area (Å²) in [5.74, 6) is -0.262. The molecule has 0 saturated heterocycles. The highest BCUT2D eigenvalue weighted by Gasteiger charge is 2.17. The second-order valence-electron chi connectivity index (χ2n) is 4.70. The molecule has 96 valence electrons. The zero-order chi connectivity index (χ0) is 13.2. The summed E-state index contributed by atoms with van der Waals surface area (Å²) in [6.45, 7) is 7.64. The molecule has 1 rings (SSSR count). The molecule has 1 aromatic rings. The van der Waals surface area contributed by atoms with Crippen LogP contribution in [0.4, 0.5) is 10.1 Å². The third-order valence-electron chi connectivity index (χ3n) is 3.39. The van der Waals surface area contributed by atoms with Gasteiger partial charge >= 0.3 is 0 Å². The number of benzene rings is 1. The Balaban J connectivity index is 3.25. The van der Waals surface area contributed by atoms with Crippen molar-refractivity contribution in [2.24, 2.45) is 0 Å². The van der Waals surface area contributed by atoms with Crippen LogP contribution in [0.5, 0.6) is 0 Å². The first kappa shape index (κ1) is 14.0. The molecule has 0 fully saturated rings. The lowest BCUT2D eigenvalue weighted by Gasteiger charge is -2.29. The Morgan fingerprint density at radius 2 is 1.94 bits per heavy atom. The van der Waals surface area contributed by atoms with E-state index in [1.54, 1.807) is 13.8 Å². The fraction of sp³-hybridized carbons (Fsp3) is 0.571. The van der Waals surface area contributed by atoms with Crippen molar-refractivity contribution in [3.63, 3.8) is 0 Å². The number of hydrogen-bond donors (Lipinski definition) is 1. The standard InChI is InChI=1S/C14H22FNO/c1-6-10(3)16(5)14-7-9(2)13(15)8-12(14)11(4)17/h7-8,10-11,17H,6H2,1-5H3. The normalized spacial score (nSPS) is 14.5. The van der Waals surface area contributed by atoms with Crippen molar-refractivity contribution >= 4 is 5.69 Å². The maximum Gasteiger partial charge on any atom is 0.126 e. The van der Waals surface area contributed by atoms with Gasteiger partial charge in [-0.2, -0.15) is 0 Å². The molecule has 2 nitrogen and oxygen atoms in total. The van der Waals surface area contributed by atoms with Gasteiger partial charge in [0, 0.05) is 24.3 Å². The lowest BCUT2D eigenvalue weighted by atomic mass is 10.0. The van der Waals surface area contributed by atoms with Crippen LogP contribution in [0.2, 0.25) is 0 Å². The monoisotopic (exact) mass is 239 g/mol. The van der Waals surface area contributed by atoms with E-state index in [0.717, 1.165) is 12.1 Å². The molecule has 1 aromatic carbocycles. The zero-order valence-corrected chi connectivity index (χ0v) is 11.3. The molecule has 0 aliphatic heterocycles. The summed E-state index contributed by atoms with van der Waals surface area (Å²) in [6.07, 6.45) is 0.346. The maximum atomic E-state index is 13.5. The van der Waals surface area contributed by atoms with Gasteiger partial charge in [0.05, 0.1) is 6.10 Å². The molecule has 0 saturated carbocycles. The highest BCUT2D eigenvalue weighted by Crippen LogP contribution is 2.30. The quantitative estimate of drug-likeness (QED) is 0.870. The van der Waals surface area contributed by atoms with Gasteiger partial charge in [-0.25, -0.2) is 4.39 Å². The molecule has 0 bridgehead atoms. The number of aliphatic hydroxyl groups is 1. The van der Waals surface area contributed by atoms with E-state index in [2.05, 4.69) is 18.7 Å². The van der Waals surface area contributed by atoms with Crippen LogP contribution in [0, 0.1) is 12.7 Å². The summed E-state index contributed by atoms with van der Waals surface area (Å²) < 4.78 is 13.5. The summed E-state index contributed by atoms with van der Waals surface area (Å²) in [7, 11) is 1.98. The fourth-order valence-electron chi connectivity index (χ4n) is 1.83. The highest BCUT2D eigenvalue weighted by molar-refractivity contribution is 5.56. The first-order valence-electron chi connectivity index (χ1n) is 6.09. The SMILES string of the molecule is CCC(C)N(C)c1cc(C)c(F)cc1C(C)O. The number of rotatable bonds is 4. The van der Waals surface area contributed by atoms with E-state index in [0.29, 0.717) is 17.2 Å². The lowest BCUT2D eigenvalue weighted by Crippen LogP contribution is -2.29. The molecular weight excluding hydrogens is 217 g/mol. The second-order valence-corrected chi connectivity index (χ2v) is 4.70. The van der Waals surface area contributed by atoms with E-state index in [4.69, 9.17) is 0 Å². The van der Waals surface area contributed by atoms with Crippen molar-refractivity contribution in [1.29, 1.82) is 0 Å². The maximum absolute atomic E-state index is 13.5. The Labute approximate surface area is 103 Å². The molecule has 2 atom stereocenters. The van der Waals surface area contributed by atoms with Crippen LogP contribution in [-0.2, 0) is 0 Å². The molecule has 2 unspecified atom stereocenters. The third-order valence-corrected chi connectivity index (χ3v) is 3.39. The summed E-state index contributed by atoms with van der Waals surface area (Å²) in [4.78, 5) is 2.09. The van der Waals surface area contributed by atoms with Gasteiger partial charge in [-0.05, 0) is 44.9 Å². The number of anilines is 1. The predicted octanol–water partition coefficient (Wildman–Crippen LogP) is 3.42. The van der Waals surface area contributed by atoms with Crippen LogP contribution in [0.1, 0.15) is 44.4 Å². The van der Waals surface area contributed by atoms with Gasteiger partial charge in [0.1, 0.15) is 5.82 Å². The Morgan fingerprint density at radius 3 is 2.41 bits per heavy atom. The van der Waals surface area contributed by atoms with E-state index in [1.165, 1.54) is 6.07 Å². The largest absolute Gasteiger partial charge is 0.389 e. The van der Waals surface area contributed by atoms with Gasteiger partial charge in [0.2, 0.25) is 0 Å². The summed E-state index contributed by atoms with van der Waals surface area (Å²) >= 11 is 0. The summed E-state index contributed by atoms with van der Waals surface area (Å²) in [6, 6.07) is 3.61. The van der Waals surface area contributed by atoms with Crippen LogP contribution in [0.15, 0.2) is 12.1 Å². The molecule has 0 aliphatic carbocycles. The zero-order valence-electron chi connectivity index (χ0n) is 11.3. The predicted molar refractivity (Wildman–Crippen MR) is 69.9 cm³/mol. The molecule has 0 amide bonds. The van der Waals surface area contributed by atoms with Crippen LogP contribution in [-0.4, -0.2) is 18.2 Å². The average molecular weight is 239 g/mol. The number of halogens is 1. The molecule has 0 radical (unpaired) electrons. The first-order chi connectivity index (χ1) is 7.88. The van der Waals surface area contributed by atoms with Gasteiger partial charge in [0.25, 0.3) is 0 Å². The molecule has 17 heavy (non-hydrogen) atoms. The van der Waals surface area contributed by atoms with Gasteiger partial charge < -0.3 is 10.0 Å². The van der Waals surface area contributed by atoms with E-state index >= 15 is 0 Å². The van der Waals surface area contributed by atoms with E-state index in [9.17, 15) is 9.50 Å². The molecule has 0 aromatic heterocycles. The molecule has 0 heterocycles. The van der Waals surface area contributed by atoms with Gasteiger partial charge in [-0.3, -0.25) is 0 Å². The second kappa shape index (κ2) is 5.50. The van der Waals surface area contributed by atoms with Crippen molar-refractivity contribution in [3.8, 4) is 0 Å². The topological polar surface area (TPSA) is 23.5 Å². The van der Waals surface area contributed by atoms with E-state index in [-0.39, 0.29) is 5.82 Å². The number of aliphatic hydroxyl groups excluding tert-OH is 1. The average Bonchev–Trinajstić information content (AvgIpc) is 2.29. The summed E-state index contributed by atoms with van der Waals surface area (Å²) in [5.41, 5.74) is 2.17. The Morgan fingerprint density at radius 1 is 1.35 bits per heavy atom. The fourth-order valence-corrected chi connectivity index (χ4v) is 1.83. The molecular formula is C14H22FNO. The molecule has 0 aliphatic rings. The summed E-state index contributed by atoms with van der Waals surface area (Å²) in [5, 5.41) is 9.73. The first-order valence-corrected chi connectivity index (χ1v) is 6.09. The van der Waals surface area contributed by atoms with Crippen molar-refractivity contribution < 1.29 is 9.50 Å². The number of aryl methyl sites for hydroxylation is 1. The van der Waals surface area contributed by atoms with Crippen LogP contribution < -0.4 is 4.90 Å². The van der Waals surface area contributed by atoms with Crippen molar-refractivity contribution in [2.75, 3.05) is 11.9 Å². The smallest absolute Gasteiger partial charge is 0.126 e. The van der Waals surface area contributed by atoms with Crippen molar-refractivity contribution in [2.45, 2.75) is 46.3 Å². The minimum Gasteiger partial charge on any atom is -0.389 e. The lowest BCUT2D eigenvalue weighted by molar-refractivity contribution is 0.199. The molecule has 0 spiro atoms. The van der Waals surface area contributed by atoms with Crippen LogP contribution in [0.3, 0.4) is 0 Å². The Bertz CT molecular complexity index is 390. The van der Waals surface area contributed by atoms with Crippen LogP contribution in [0.25, 0.3) is 0 Å². The van der Waals surface area contributed by atoms with E-state index < -0.39 is 6.10 Å². The van der Waals surface area contributed by atoms with Gasteiger partial charge in [0.15, 0.2) is 0 Å². The number of nitrogens with zero attached hydrogens (tertiary/aromatic N) is 1. The Kier molecular flexibility index (Phi) is 4.52. The van der Waals surface area contributed by atoms with Crippen molar-refractivity contribution in [1.82, 2.24) is 0 Å². The van der Waals surface area contributed by atoms with Crippen LogP contribution >= 0.6 is 0 Å². The Hall–Kier alpha value is -1.09. The number of hydrogen-bond acceptors (Lipinski definition) is 2. The molecule has 3 heteroatoms.